The number of rotatable bonds is 5. The van der Waals surface area contributed by atoms with Gasteiger partial charge in [0.2, 0.25) is 0 Å². The molecule has 0 aromatic heterocycles. The highest BCUT2D eigenvalue weighted by Gasteiger charge is 2.44. The monoisotopic (exact) mass is 498 g/mol. The third-order valence-corrected chi connectivity index (χ3v) is 6.74. The number of carbonyl (C=O) groups excluding carboxylic acids is 2. The van der Waals surface area contributed by atoms with Gasteiger partial charge in [-0.25, -0.2) is 4.79 Å². The number of hydrogen-bond donors (Lipinski definition) is 2. The number of fused-ring (bicyclic) bond motifs is 1. The Morgan fingerprint density at radius 3 is 2.71 bits per heavy atom. The number of phenolic OH excluding ortho intramolecular Hbond substituents is 1. The summed E-state index contributed by atoms with van der Waals surface area (Å²) in [5.41, 5.74) is 2.10. The summed E-state index contributed by atoms with van der Waals surface area (Å²) in [7, 11) is 1.29. The van der Waals surface area contributed by atoms with Crippen LogP contribution in [0.4, 0.5) is 16.2 Å². The molecule has 1 atom stereocenters. The fourth-order valence-electron chi connectivity index (χ4n) is 4.79. The van der Waals surface area contributed by atoms with E-state index in [-0.39, 0.29) is 16.9 Å². The zero-order valence-electron chi connectivity index (χ0n) is 20.5. The molecule has 2 aliphatic rings. The number of nitrogens with one attached hydrogen (secondary N) is 1. The van der Waals surface area contributed by atoms with E-state index in [1.807, 2.05) is 13.8 Å². The van der Waals surface area contributed by atoms with Gasteiger partial charge in [-0.2, -0.15) is 0 Å². The van der Waals surface area contributed by atoms with Crippen LogP contribution in [0.5, 0.6) is 11.5 Å². The van der Waals surface area contributed by atoms with Crippen molar-refractivity contribution in [3.63, 3.8) is 0 Å². The second kappa shape index (κ2) is 9.82. The molecule has 1 aliphatic carbocycles. The molecule has 0 saturated carbocycles. The molecule has 186 valence electrons. The quantitative estimate of drug-likeness (QED) is 0.356. The van der Waals surface area contributed by atoms with Crippen molar-refractivity contribution in [1.29, 1.82) is 0 Å². The van der Waals surface area contributed by atoms with Crippen LogP contribution in [-0.2, 0) is 9.53 Å². The van der Waals surface area contributed by atoms with Crippen molar-refractivity contribution in [2.24, 2.45) is 5.41 Å². The third kappa shape index (κ3) is 4.82. The normalized spacial score (nSPS) is 18.8. The van der Waals surface area contributed by atoms with Crippen LogP contribution in [0, 0.1) is 5.41 Å². The van der Waals surface area contributed by atoms with Crippen LogP contribution in [0.1, 0.15) is 58.1 Å². The van der Waals surface area contributed by atoms with E-state index in [1.165, 1.54) is 18.1 Å². The van der Waals surface area contributed by atoms with Crippen molar-refractivity contribution < 1.29 is 24.2 Å². The number of unbranched alkanes of at least 4 members (excludes halogenated alkanes) is 1. The lowest BCUT2D eigenvalue weighted by molar-refractivity contribution is -0.118. The Hall–Kier alpha value is -3.19. The first-order chi connectivity index (χ1) is 16.7. The topological polar surface area (TPSA) is 88.1 Å². The minimum absolute atomic E-state index is 0.0366. The molecule has 1 aliphatic heterocycles. The summed E-state index contributed by atoms with van der Waals surface area (Å²) >= 11 is 6.77. The number of phenols is 1. The van der Waals surface area contributed by atoms with Crippen molar-refractivity contribution in [2.45, 2.75) is 52.5 Å². The number of allylic oxidation sites excluding steroid dienone is 1. The Kier molecular flexibility index (Phi) is 6.99. The number of para-hydroxylation sites is 1. The van der Waals surface area contributed by atoms with Crippen LogP contribution in [0.15, 0.2) is 47.7 Å². The summed E-state index contributed by atoms with van der Waals surface area (Å²) in [5.74, 6) is 0.492. The molecule has 1 unspecified atom stereocenters. The van der Waals surface area contributed by atoms with E-state index in [0.717, 1.165) is 12.8 Å². The molecule has 0 fully saturated rings. The van der Waals surface area contributed by atoms with Crippen LogP contribution < -0.4 is 15.0 Å². The maximum absolute atomic E-state index is 13.6. The first-order valence-electron chi connectivity index (χ1n) is 11.8. The van der Waals surface area contributed by atoms with E-state index in [1.54, 1.807) is 30.3 Å². The van der Waals surface area contributed by atoms with Crippen LogP contribution in [-0.4, -0.2) is 30.7 Å². The van der Waals surface area contributed by atoms with Crippen molar-refractivity contribution >= 4 is 34.9 Å². The number of carbonyl (C=O) groups is 2. The SMILES string of the molecule is CCCCOc1ccc(C2C3=C(CC(C)(C)CC3=O)Nc3c(O)cccc3N2C(=O)OC)c(Cl)c1. The van der Waals surface area contributed by atoms with Crippen LogP contribution in [0.2, 0.25) is 5.02 Å². The van der Waals surface area contributed by atoms with E-state index in [2.05, 4.69) is 12.2 Å². The number of hydrogen-bond acceptors (Lipinski definition) is 6. The van der Waals surface area contributed by atoms with Gasteiger partial charge in [0.1, 0.15) is 17.2 Å². The number of amides is 1. The van der Waals surface area contributed by atoms with E-state index in [0.29, 0.717) is 58.4 Å². The van der Waals surface area contributed by atoms with Gasteiger partial charge in [-0.15, -0.1) is 0 Å². The predicted molar refractivity (Wildman–Crippen MR) is 136 cm³/mol. The van der Waals surface area contributed by atoms with Crippen LogP contribution >= 0.6 is 11.6 Å². The number of benzene rings is 2. The molecule has 2 aromatic rings. The molecule has 0 spiro atoms. The number of methoxy groups -OCH3 is 1. The summed E-state index contributed by atoms with van der Waals surface area (Å²) in [5, 5.41) is 14.3. The molecular weight excluding hydrogens is 468 g/mol. The van der Waals surface area contributed by atoms with Gasteiger partial charge >= 0.3 is 6.09 Å². The van der Waals surface area contributed by atoms with Crippen molar-refractivity contribution in [3.8, 4) is 11.5 Å². The predicted octanol–water partition coefficient (Wildman–Crippen LogP) is 6.61. The lowest BCUT2D eigenvalue weighted by atomic mass is 9.73. The molecule has 0 bridgehead atoms. The number of halogens is 1. The van der Waals surface area contributed by atoms with E-state index >= 15 is 0 Å². The molecule has 35 heavy (non-hydrogen) atoms. The van der Waals surface area contributed by atoms with Gasteiger partial charge in [0, 0.05) is 22.7 Å². The van der Waals surface area contributed by atoms with Gasteiger partial charge in [0.15, 0.2) is 5.78 Å². The number of nitrogens with zero attached hydrogens (tertiary/aromatic N) is 1. The fourth-order valence-corrected chi connectivity index (χ4v) is 5.06. The molecule has 7 nitrogen and oxygen atoms in total. The van der Waals surface area contributed by atoms with E-state index in [9.17, 15) is 14.7 Å². The smallest absolute Gasteiger partial charge is 0.414 e. The molecule has 2 N–H and O–H groups in total. The molecule has 2 aromatic carbocycles. The Morgan fingerprint density at radius 1 is 1.26 bits per heavy atom. The van der Waals surface area contributed by atoms with Gasteiger partial charge in [-0.3, -0.25) is 9.69 Å². The first-order valence-corrected chi connectivity index (χ1v) is 12.2. The molecule has 4 rings (SSSR count). The molecule has 8 heteroatoms. The third-order valence-electron chi connectivity index (χ3n) is 6.41. The minimum atomic E-state index is -0.853. The molecule has 1 amide bonds. The maximum Gasteiger partial charge on any atom is 0.414 e. The summed E-state index contributed by atoms with van der Waals surface area (Å²) in [6, 6.07) is 9.32. The highest BCUT2D eigenvalue weighted by molar-refractivity contribution is 6.31. The molecular formula is C27H31ClN2O5. The van der Waals surface area contributed by atoms with E-state index in [4.69, 9.17) is 21.1 Å². The second-order valence-electron chi connectivity index (χ2n) is 9.76. The maximum atomic E-state index is 13.6. The molecule has 0 radical (unpaired) electrons. The number of anilines is 2. The van der Waals surface area contributed by atoms with Crippen LogP contribution in [0.25, 0.3) is 0 Å². The highest BCUT2D eigenvalue weighted by atomic mass is 35.5. The highest BCUT2D eigenvalue weighted by Crippen LogP contribution is 2.51. The summed E-state index contributed by atoms with van der Waals surface area (Å²) in [4.78, 5) is 28.2. The lowest BCUT2D eigenvalue weighted by Crippen LogP contribution is -2.39. The lowest BCUT2D eigenvalue weighted by Gasteiger charge is -2.36. The van der Waals surface area contributed by atoms with Crippen LogP contribution in [0.3, 0.4) is 0 Å². The molecule has 1 heterocycles. The Balaban J connectivity index is 1.94. The zero-order chi connectivity index (χ0) is 25.3. The van der Waals surface area contributed by atoms with Crippen molar-refractivity contribution in [3.05, 3.63) is 58.3 Å². The average Bonchev–Trinajstić information content (AvgIpc) is 2.93. The second-order valence-corrected chi connectivity index (χ2v) is 10.2. The van der Waals surface area contributed by atoms with Gasteiger partial charge in [-0.05, 0) is 48.1 Å². The van der Waals surface area contributed by atoms with Crippen molar-refractivity contribution in [2.75, 3.05) is 23.9 Å². The minimum Gasteiger partial charge on any atom is -0.506 e. The Morgan fingerprint density at radius 2 is 2.03 bits per heavy atom. The van der Waals surface area contributed by atoms with Gasteiger partial charge < -0.3 is 19.9 Å². The molecule has 0 saturated heterocycles. The standard InChI is InChI=1S/C27H31ClN2O5/c1-5-6-12-35-16-10-11-17(18(28)13-16)25-23-19(14-27(2,3)15-22(23)32)29-24-20(8-7-9-21(24)31)30(25)26(33)34-4/h7-11,13,25,29,31H,5-6,12,14-15H2,1-4H3. The summed E-state index contributed by atoms with van der Waals surface area (Å²) in [6.07, 6.45) is 2.14. The van der Waals surface area contributed by atoms with Gasteiger partial charge in [0.05, 0.1) is 25.4 Å². The van der Waals surface area contributed by atoms with Gasteiger partial charge in [0.25, 0.3) is 0 Å². The number of aromatic hydroxyl groups is 1. The summed E-state index contributed by atoms with van der Waals surface area (Å²) in [6.45, 7) is 6.71. The number of ketones is 1. The van der Waals surface area contributed by atoms with E-state index < -0.39 is 12.1 Å². The summed E-state index contributed by atoms with van der Waals surface area (Å²) < 4.78 is 11.0. The Bertz CT molecular complexity index is 1190. The van der Waals surface area contributed by atoms with Crippen molar-refractivity contribution in [1.82, 2.24) is 0 Å². The largest absolute Gasteiger partial charge is 0.506 e. The van der Waals surface area contributed by atoms with Gasteiger partial charge in [-0.1, -0.05) is 50.9 Å². The Labute approximate surface area is 210 Å². The fraction of sp³-hybridized carbons (Fsp3) is 0.407. The number of ether oxygens (including phenoxy) is 2. The number of Topliss-reactive ketones (excluding diaryl/α,β-unsaturated/α-hetero) is 1. The zero-order valence-corrected chi connectivity index (χ0v) is 21.2. The first kappa shape index (κ1) is 24.9. The average molecular weight is 499 g/mol.